The Labute approximate surface area is 154 Å². The van der Waals surface area contributed by atoms with E-state index in [1.165, 1.54) is 6.20 Å². The van der Waals surface area contributed by atoms with Crippen molar-refractivity contribution in [3.63, 3.8) is 0 Å². The van der Waals surface area contributed by atoms with Gasteiger partial charge in [-0.05, 0) is 31.2 Å². The lowest BCUT2D eigenvalue weighted by Crippen LogP contribution is -2.38. The highest BCUT2D eigenvalue weighted by atomic mass is 35.5. The van der Waals surface area contributed by atoms with Crippen molar-refractivity contribution in [3.8, 4) is 11.4 Å². The van der Waals surface area contributed by atoms with Crippen LogP contribution in [0.5, 0.6) is 0 Å². The molecule has 3 aromatic rings. The molecule has 3 aromatic heterocycles. The molecule has 8 heteroatoms. The highest BCUT2D eigenvalue weighted by molar-refractivity contribution is 6.31. The van der Waals surface area contributed by atoms with Gasteiger partial charge in [0.05, 0.1) is 29.1 Å². The summed E-state index contributed by atoms with van der Waals surface area (Å²) in [6, 6.07) is 1.75. The summed E-state index contributed by atoms with van der Waals surface area (Å²) in [5, 5.41) is 21.3. The molecular weight excluding hydrogens is 359 g/mol. The molecule has 136 valence electrons. The van der Waals surface area contributed by atoms with E-state index < -0.39 is 18.0 Å². The topological polar surface area (TPSA) is 94.9 Å². The average molecular weight is 377 g/mol. The second-order valence-corrected chi connectivity index (χ2v) is 7.13. The van der Waals surface area contributed by atoms with Crippen molar-refractivity contribution in [2.24, 2.45) is 5.92 Å². The van der Waals surface area contributed by atoms with Gasteiger partial charge < -0.3 is 15.2 Å². The SMILES string of the molecule is O[C@@H]1CCCC(Cc2nc(-c3c[nH]c4ncc(Cl)cc34)ncc2F)[C@H]1O. The number of halogens is 2. The first kappa shape index (κ1) is 17.3. The maximum absolute atomic E-state index is 14.3. The lowest BCUT2D eigenvalue weighted by Gasteiger charge is -2.31. The van der Waals surface area contributed by atoms with Crippen LogP contribution in [0.25, 0.3) is 22.4 Å². The van der Waals surface area contributed by atoms with Gasteiger partial charge in [0.15, 0.2) is 11.6 Å². The first-order valence-electron chi connectivity index (χ1n) is 8.53. The predicted molar refractivity (Wildman–Crippen MR) is 95.1 cm³/mol. The van der Waals surface area contributed by atoms with Crippen LogP contribution in [0, 0.1) is 11.7 Å². The third-order valence-electron chi connectivity index (χ3n) is 4.96. The van der Waals surface area contributed by atoms with Crippen LogP contribution in [0.2, 0.25) is 5.02 Å². The van der Waals surface area contributed by atoms with Gasteiger partial charge in [0, 0.05) is 23.3 Å². The van der Waals surface area contributed by atoms with E-state index in [4.69, 9.17) is 11.6 Å². The Bertz CT molecular complexity index is 948. The Morgan fingerprint density at radius 3 is 2.92 bits per heavy atom. The van der Waals surface area contributed by atoms with Gasteiger partial charge in [-0.3, -0.25) is 0 Å². The molecule has 0 radical (unpaired) electrons. The number of aliphatic hydroxyl groups is 2. The van der Waals surface area contributed by atoms with Crippen LogP contribution in [0.15, 0.2) is 24.7 Å². The van der Waals surface area contributed by atoms with E-state index in [9.17, 15) is 14.6 Å². The number of rotatable bonds is 3. The van der Waals surface area contributed by atoms with Crippen molar-refractivity contribution >= 4 is 22.6 Å². The Hall–Kier alpha value is -2.09. The van der Waals surface area contributed by atoms with E-state index in [-0.39, 0.29) is 18.0 Å². The normalized spacial score (nSPS) is 23.5. The molecule has 0 bridgehead atoms. The summed E-state index contributed by atoms with van der Waals surface area (Å²) in [5.41, 5.74) is 1.56. The van der Waals surface area contributed by atoms with E-state index in [0.717, 1.165) is 24.4 Å². The zero-order valence-corrected chi connectivity index (χ0v) is 14.6. The van der Waals surface area contributed by atoms with Crippen molar-refractivity contribution < 1.29 is 14.6 Å². The average Bonchev–Trinajstić information content (AvgIpc) is 3.04. The van der Waals surface area contributed by atoms with E-state index >= 15 is 0 Å². The molecule has 0 saturated heterocycles. The Morgan fingerprint density at radius 1 is 1.23 bits per heavy atom. The van der Waals surface area contributed by atoms with E-state index in [0.29, 0.717) is 28.5 Å². The summed E-state index contributed by atoms with van der Waals surface area (Å²) in [5.74, 6) is -0.380. The number of pyridine rings is 1. The molecule has 3 N–H and O–H groups in total. The largest absolute Gasteiger partial charge is 0.390 e. The molecule has 1 aliphatic carbocycles. The third-order valence-corrected chi connectivity index (χ3v) is 5.17. The number of nitrogens with zero attached hydrogens (tertiary/aromatic N) is 3. The summed E-state index contributed by atoms with van der Waals surface area (Å²) in [7, 11) is 0. The highest BCUT2D eigenvalue weighted by Crippen LogP contribution is 2.30. The molecule has 3 heterocycles. The fraction of sp³-hybridized carbons (Fsp3) is 0.389. The van der Waals surface area contributed by atoms with Crippen LogP contribution in [0.4, 0.5) is 4.39 Å². The summed E-state index contributed by atoms with van der Waals surface area (Å²) in [4.78, 5) is 15.7. The number of H-pyrrole nitrogens is 1. The molecule has 26 heavy (non-hydrogen) atoms. The maximum Gasteiger partial charge on any atom is 0.163 e. The molecule has 1 fully saturated rings. The van der Waals surface area contributed by atoms with Crippen molar-refractivity contribution in [2.75, 3.05) is 0 Å². The minimum Gasteiger partial charge on any atom is -0.390 e. The monoisotopic (exact) mass is 376 g/mol. The maximum atomic E-state index is 14.3. The van der Waals surface area contributed by atoms with Gasteiger partial charge in [-0.25, -0.2) is 19.3 Å². The van der Waals surface area contributed by atoms with Crippen molar-refractivity contribution in [1.29, 1.82) is 0 Å². The van der Waals surface area contributed by atoms with Crippen LogP contribution in [-0.4, -0.2) is 42.4 Å². The van der Waals surface area contributed by atoms with Gasteiger partial charge >= 0.3 is 0 Å². The number of nitrogens with one attached hydrogen (secondary N) is 1. The lowest BCUT2D eigenvalue weighted by atomic mass is 9.82. The number of aliphatic hydroxyl groups excluding tert-OH is 2. The second-order valence-electron chi connectivity index (χ2n) is 6.69. The second kappa shape index (κ2) is 6.90. The molecule has 0 aromatic carbocycles. The molecule has 0 aliphatic heterocycles. The van der Waals surface area contributed by atoms with Crippen LogP contribution < -0.4 is 0 Å². The van der Waals surface area contributed by atoms with E-state index in [1.54, 1.807) is 12.3 Å². The summed E-state index contributed by atoms with van der Waals surface area (Å²) in [6.45, 7) is 0. The Balaban J connectivity index is 1.68. The number of hydrogen-bond donors (Lipinski definition) is 3. The number of aromatic nitrogens is 4. The molecule has 0 amide bonds. The highest BCUT2D eigenvalue weighted by Gasteiger charge is 2.31. The van der Waals surface area contributed by atoms with Crippen molar-refractivity contribution in [1.82, 2.24) is 19.9 Å². The zero-order valence-electron chi connectivity index (χ0n) is 13.9. The fourth-order valence-corrected chi connectivity index (χ4v) is 3.71. The van der Waals surface area contributed by atoms with Gasteiger partial charge in [0.25, 0.3) is 0 Å². The minimum absolute atomic E-state index is 0.227. The number of fused-ring (bicyclic) bond motifs is 1. The molecule has 0 spiro atoms. The Kier molecular flexibility index (Phi) is 4.60. The quantitative estimate of drug-likeness (QED) is 0.653. The first-order chi connectivity index (χ1) is 12.5. The van der Waals surface area contributed by atoms with Gasteiger partial charge in [-0.15, -0.1) is 0 Å². The lowest BCUT2D eigenvalue weighted by molar-refractivity contribution is -0.0447. The number of aromatic amines is 1. The van der Waals surface area contributed by atoms with Crippen LogP contribution in [-0.2, 0) is 6.42 Å². The summed E-state index contributed by atoms with van der Waals surface area (Å²) >= 11 is 6.02. The van der Waals surface area contributed by atoms with E-state index in [2.05, 4.69) is 19.9 Å². The molecule has 1 aliphatic rings. The molecule has 1 saturated carbocycles. The van der Waals surface area contributed by atoms with Crippen molar-refractivity contribution in [3.05, 3.63) is 41.2 Å². The van der Waals surface area contributed by atoms with Crippen LogP contribution >= 0.6 is 11.6 Å². The Morgan fingerprint density at radius 2 is 2.08 bits per heavy atom. The smallest absolute Gasteiger partial charge is 0.163 e. The van der Waals surface area contributed by atoms with Crippen LogP contribution in [0.3, 0.4) is 0 Å². The zero-order chi connectivity index (χ0) is 18.3. The molecular formula is C18H18ClFN4O2. The summed E-state index contributed by atoms with van der Waals surface area (Å²) in [6.07, 6.45) is 5.11. The fourth-order valence-electron chi connectivity index (χ4n) is 3.55. The van der Waals surface area contributed by atoms with Gasteiger partial charge in [-0.1, -0.05) is 18.0 Å². The standard InChI is InChI=1S/C18H18ClFN4O2/c19-10-5-11-12(7-22-17(11)21-6-10)18-23-8-13(20)14(24-18)4-9-2-1-3-15(25)16(9)26/h5-9,15-16,25-26H,1-4H2,(H,21,22)/t9?,15-,16-/m1/s1. The minimum atomic E-state index is -0.863. The molecule has 4 rings (SSSR count). The third kappa shape index (κ3) is 3.18. The molecule has 6 nitrogen and oxygen atoms in total. The first-order valence-corrected chi connectivity index (χ1v) is 8.91. The predicted octanol–water partition coefficient (Wildman–Crippen LogP) is 2.88. The van der Waals surface area contributed by atoms with Gasteiger partial charge in [0.1, 0.15) is 5.65 Å². The molecule has 1 unspecified atom stereocenters. The van der Waals surface area contributed by atoms with Gasteiger partial charge in [0.2, 0.25) is 0 Å². The number of hydrogen-bond acceptors (Lipinski definition) is 5. The summed E-state index contributed by atoms with van der Waals surface area (Å²) < 4.78 is 14.3. The van der Waals surface area contributed by atoms with Gasteiger partial charge in [-0.2, -0.15) is 0 Å². The van der Waals surface area contributed by atoms with E-state index in [1.807, 2.05) is 0 Å². The molecule has 3 atom stereocenters. The van der Waals surface area contributed by atoms with Crippen molar-refractivity contribution in [2.45, 2.75) is 37.9 Å². The van der Waals surface area contributed by atoms with Crippen LogP contribution in [0.1, 0.15) is 25.0 Å².